The average Bonchev–Trinajstić information content (AvgIpc) is 4.22. The molecule has 4 bridgehead atoms. The van der Waals surface area contributed by atoms with Crippen molar-refractivity contribution in [1.29, 1.82) is 0 Å². The van der Waals surface area contributed by atoms with Crippen LogP contribution < -0.4 is 18.9 Å². The van der Waals surface area contributed by atoms with Gasteiger partial charge in [0.1, 0.15) is 0 Å². The molecule has 12 heteroatoms. The zero-order valence-electron chi connectivity index (χ0n) is 38.9. The Morgan fingerprint density at radius 1 is 0.647 bits per heavy atom. The van der Waals surface area contributed by atoms with Crippen molar-refractivity contribution < 1.29 is 48.3 Å². The average molecular weight is 919 g/mol. The molecule has 4 saturated carbocycles. The number of hydrogen-bond acceptors (Lipinski definition) is 12. The summed E-state index contributed by atoms with van der Waals surface area (Å²) in [5.74, 6) is 1.82. The van der Waals surface area contributed by atoms with E-state index in [1.165, 1.54) is 25.7 Å². The number of hydrogen-bond donors (Lipinski definition) is 2. The minimum Gasteiger partial charge on any atom is -0.477 e. The normalized spacial score (nSPS) is 33.7. The van der Waals surface area contributed by atoms with Crippen molar-refractivity contribution in [3.05, 3.63) is 93.0 Å². The zero-order valence-corrected chi connectivity index (χ0v) is 38.9. The van der Waals surface area contributed by atoms with Crippen molar-refractivity contribution in [3.63, 3.8) is 0 Å². The number of aliphatic hydroxyl groups is 2. The molecular weight excluding hydrogens is 861 g/mol. The number of esters is 2. The predicted octanol–water partition coefficient (Wildman–Crippen LogP) is 6.02. The third-order valence-electron chi connectivity index (χ3n) is 18.8. The quantitative estimate of drug-likeness (QED) is 0.142. The summed E-state index contributed by atoms with van der Waals surface area (Å²) in [5.41, 5.74) is 3.39. The number of ketones is 2. The van der Waals surface area contributed by atoms with Gasteiger partial charge >= 0.3 is 11.9 Å². The molecule has 12 nitrogen and oxygen atoms in total. The number of aryl methyl sites for hydroxylation is 2. The van der Waals surface area contributed by atoms with Gasteiger partial charge in [-0.1, -0.05) is 36.4 Å². The van der Waals surface area contributed by atoms with Crippen LogP contribution in [0.5, 0.6) is 23.0 Å². The number of likely N-dealkylation sites (tertiary alicyclic amines) is 2. The van der Waals surface area contributed by atoms with Gasteiger partial charge in [-0.3, -0.25) is 29.0 Å². The molecule has 4 aromatic rings. The second-order valence-corrected chi connectivity index (χ2v) is 22.6. The van der Waals surface area contributed by atoms with Gasteiger partial charge in [0.2, 0.25) is 0 Å². The highest BCUT2D eigenvalue weighted by Gasteiger charge is 2.75. The summed E-state index contributed by atoms with van der Waals surface area (Å²) in [6.07, 6.45) is 7.19. The number of carbonyl (C=O) groups excluding carboxylic acids is 4. The molecule has 0 unspecified atom stereocenters. The molecule has 14 rings (SSSR count). The van der Waals surface area contributed by atoms with Gasteiger partial charge in [-0.15, -0.1) is 0 Å². The van der Waals surface area contributed by atoms with Gasteiger partial charge in [0, 0.05) is 49.1 Å². The van der Waals surface area contributed by atoms with E-state index in [0.717, 1.165) is 81.5 Å². The van der Waals surface area contributed by atoms with Crippen LogP contribution in [0.4, 0.5) is 0 Å². The summed E-state index contributed by atoms with van der Waals surface area (Å²) in [4.78, 5) is 60.0. The largest absolute Gasteiger partial charge is 0.477 e. The molecule has 2 saturated heterocycles. The van der Waals surface area contributed by atoms with E-state index in [9.17, 15) is 29.4 Å². The van der Waals surface area contributed by atoms with Gasteiger partial charge in [-0.25, -0.2) is 0 Å². The van der Waals surface area contributed by atoms with Crippen LogP contribution in [-0.2, 0) is 55.7 Å². The van der Waals surface area contributed by atoms with Crippen molar-refractivity contribution in [1.82, 2.24) is 9.80 Å². The summed E-state index contributed by atoms with van der Waals surface area (Å²) >= 11 is 0. The molecular formula is C56H58N2O10. The van der Waals surface area contributed by atoms with Crippen LogP contribution >= 0.6 is 0 Å². The monoisotopic (exact) mass is 918 g/mol. The number of fused-ring (bicyclic) bond motifs is 1. The number of benzene rings is 4. The fourth-order valence-electron chi connectivity index (χ4n) is 15.7. The number of rotatable bonds is 10. The minimum absolute atomic E-state index is 0.00237. The van der Waals surface area contributed by atoms with E-state index in [2.05, 4.69) is 9.80 Å². The molecule has 0 aromatic heterocycles. The number of piperidine rings is 2. The van der Waals surface area contributed by atoms with Crippen molar-refractivity contribution in [2.24, 2.45) is 11.8 Å². The van der Waals surface area contributed by atoms with Gasteiger partial charge in [0.25, 0.3) is 0 Å². The van der Waals surface area contributed by atoms with Gasteiger partial charge in [-0.05, 0) is 159 Å². The van der Waals surface area contributed by atoms with E-state index < -0.39 is 46.2 Å². The smallest absolute Gasteiger partial charge is 0.315 e. The summed E-state index contributed by atoms with van der Waals surface area (Å²) < 4.78 is 25.4. The first-order valence-corrected chi connectivity index (χ1v) is 25.4. The Bertz CT molecular complexity index is 2770. The number of ether oxygens (including phenoxy) is 4. The van der Waals surface area contributed by atoms with Crippen LogP contribution in [0.25, 0.3) is 10.8 Å². The third kappa shape index (κ3) is 5.63. The van der Waals surface area contributed by atoms with Crippen LogP contribution in [0.2, 0.25) is 0 Å². The van der Waals surface area contributed by atoms with Gasteiger partial charge in [0.15, 0.2) is 46.8 Å². The zero-order chi connectivity index (χ0) is 46.2. The molecule has 2 N–H and O–H groups in total. The fraction of sp³-hybridized carbons (Fsp3) is 0.536. The lowest BCUT2D eigenvalue weighted by Crippen LogP contribution is -2.76. The van der Waals surface area contributed by atoms with E-state index in [0.29, 0.717) is 61.9 Å². The molecule has 6 aliphatic carbocycles. The molecule has 4 aliphatic heterocycles. The molecule has 8 atom stereocenters. The van der Waals surface area contributed by atoms with E-state index in [1.807, 2.05) is 50.2 Å². The lowest BCUT2D eigenvalue weighted by molar-refractivity contribution is -0.188. The Labute approximate surface area is 395 Å². The maximum atomic E-state index is 13.9. The van der Waals surface area contributed by atoms with Crippen molar-refractivity contribution in [2.45, 2.75) is 150 Å². The maximum absolute atomic E-state index is 13.9. The lowest BCUT2D eigenvalue weighted by atomic mass is 9.49. The Morgan fingerprint density at radius 3 is 1.51 bits per heavy atom. The van der Waals surface area contributed by atoms with E-state index in [1.54, 1.807) is 12.1 Å². The van der Waals surface area contributed by atoms with Crippen LogP contribution in [0.1, 0.15) is 109 Å². The summed E-state index contributed by atoms with van der Waals surface area (Å²) in [7, 11) is 0. The first-order valence-electron chi connectivity index (χ1n) is 25.4. The Balaban J connectivity index is 0.711. The van der Waals surface area contributed by atoms with Gasteiger partial charge in [-0.2, -0.15) is 0 Å². The fourth-order valence-corrected chi connectivity index (χ4v) is 15.7. The van der Waals surface area contributed by atoms with Gasteiger partial charge < -0.3 is 29.2 Å². The summed E-state index contributed by atoms with van der Waals surface area (Å²) in [6, 6.07) is 15.4. The Morgan fingerprint density at radius 2 is 1.09 bits per heavy atom. The number of nitrogens with zero attached hydrogens (tertiary/aromatic N) is 2. The SMILES string of the molecule is Cc1cc(CC(=O)Oc2ccc3c4c2O[C@H]2C(=O)CC[C@@]5(O)[C@@H](C3)N(CC3CC3)CC[C@]425)cc2cc(CC(=O)Oc3ccc4c5c3O[C@H]3C(=O)CC[C@@]6(O)[C@@H](C4)N(CC4CC4)CC[C@]536)cc(C)c12. The minimum atomic E-state index is -1.10. The van der Waals surface area contributed by atoms with Crippen LogP contribution in [0.15, 0.2) is 48.5 Å². The van der Waals surface area contributed by atoms with Crippen LogP contribution in [-0.4, -0.2) is 105 Å². The summed E-state index contributed by atoms with van der Waals surface area (Å²) in [5, 5.41) is 27.3. The second-order valence-electron chi connectivity index (χ2n) is 22.6. The third-order valence-corrected chi connectivity index (χ3v) is 18.8. The molecule has 0 radical (unpaired) electrons. The molecule has 4 heterocycles. The topological polar surface area (TPSA) is 152 Å². The molecule has 352 valence electrons. The van der Waals surface area contributed by atoms with E-state index >= 15 is 0 Å². The van der Waals surface area contributed by atoms with E-state index in [-0.39, 0.29) is 60.8 Å². The molecule has 0 amide bonds. The van der Waals surface area contributed by atoms with Crippen molar-refractivity contribution >= 4 is 34.3 Å². The highest BCUT2D eigenvalue weighted by Crippen LogP contribution is 2.67. The number of carbonyl (C=O) groups is 4. The van der Waals surface area contributed by atoms with Crippen LogP contribution in [0.3, 0.4) is 0 Å². The number of Topliss-reactive ketones (excluding diaryl/α,β-unsaturated/α-hetero) is 2. The highest BCUT2D eigenvalue weighted by atomic mass is 16.6. The first kappa shape index (κ1) is 41.8. The molecule has 4 aromatic carbocycles. The molecule has 10 aliphatic rings. The van der Waals surface area contributed by atoms with Gasteiger partial charge in [0.05, 0.1) is 34.9 Å². The molecule has 2 spiro atoms. The Kier molecular flexibility index (Phi) is 8.75. The maximum Gasteiger partial charge on any atom is 0.315 e. The van der Waals surface area contributed by atoms with Crippen molar-refractivity contribution in [2.75, 3.05) is 26.2 Å². The van der Waals surface area contributed by atoms with E-state index in [4.69, 9.17) is 18.9 Å². The lowest BCUT2D eigenvalue weighted by Gasteiger charge is -2.62. The standard InChI is InChI=1S/C56H58N2O10/c1-29-19-33(23-44(61)65-40-9-7-35-25-42-55(63)13-11-38(59)51-53(55,47(35)49(40)67-51)15-17-57(42)27-31-3-4-31)21-37-22-34(20-30(2)46(29)37)24-45(62)66-41-10-8-36-26-43-56(64)14-12-39(60)52-54(56,48(36)50(41)68-52)16-18-58(43)28-32-5-6-32/h7-10,19-22,31-32,42-43,51-52,63-64H,3-6,11-18,23-28H2,1-2H3/t42-,43-,51+,52+,53+,54+,55-,56-/m1/s1. The van der Waals surface area contributed by atoms with Crippen LogP contribution in [0, 0.1) is 25.7 Å². The first-order chi connectivity index (χ1) is 32.8. The molecule has 68 heavy (non-hydrogen) atoms. The molecule has 6 fully saturated rings. The predicted molar refractivity (Wildman–Crippen MR) is 248 cm³/mol. The van der Waals surface area contributed by atoms with Crippen molar-refractivity contribution in [3.8, 4) is 23.0 Å². The Hall–Kier alpha value is -5.14. The second kappa shape index (κ2) is 14.2. The highest BCUT2D eigenvalue weighted by molar-refractivity contribution is 5.93. The summed E-state index contributed by atoms with van der Waals surface area (Å²) in [6.45, 7) is 7.58.